The lowest BCUT2D eigenvalue weighted by Crippen LogP contribution is -2.28. The summed E-state index contributed by atoms with van der Waals surface area (Å²) in [5.41, 5.74) is 1.61. The lowest BCUT2D eigenvalue weighted by Gasteiger charge is -2.28. The molecule has 1 atom stereocenters. The molecule has 1 aromatic carbocycles. The second-order valence-electron chi connectivity index (χ2n) is 4.72. The summed E-state index contributed by atoms with van der Waals surface area (Å²) in [4.78, 5) is 1.83. The van der Waals surface area contributed by atoms with Crippen LogP contribution in [-0.4, -0.2) is 20.6 Å². The number of halogens is 2. The largest absolute Gasteiger partial charge is 0.377 e. The van der Waals surface area contributed by atoms with E-state index < -0.39 is 11.6 Å². The monoisotopic (exact) mass is 240 g/mol. The van der Waals surface area contributed by atoms with Crippen LogP contribution in [0.15, 0.2) is 12.1 Å². The van der Waals surface area contributed by atoms with Gasteiger partial charge in [0.1, 0.15) is 0 Å². The normalized spacial score (nSPS) is 20.4. The lowest BCUT2D eigenvalue weighted by atomic mass is 9.95. The van der Waals surface area contributed by atoms with Crippen LogP contribution >= 0.6 is 0 Å². The van der Waals surface area contributed by atoms with E-state index in [0.717, 1.165) is 37.1 Å². The van der Waals surface area contributed by atoms with Crippen molar-refractivity contribution in [2.75, 3.05) is 25.5 Å². The van der Waals surface area contributed by atoms with E-state index in [4.69, 9.17) is 0 Å². The number of hydrogen-bond acceptors (Lipinski definition) is 2. The number of hydrogen-bond donors (Lipinski definition) is 1. The van der Waals surface area contributed by atoms with Gasteiger partial charge in [-0.3, -0.25) is 0 Å². The van der Waals surface area contributed by atoms with Crippen molar-refractivity contribution >= 4 is 5.69 Å². The van der Waals surface area contributed by atoms with Crippen LogP contribution in [0.1, 0.15) is 30.9 Å². The number of rotatable bonds is 2. The van der Waals surface area contributed by atoms with Gasteiger partial charge in [0.25, 0.3) is 0 Å². The topological polar surface area (TPSA) is 15.3 Å². The molecule has 1 fully saturated rings. The minimum absolute atomic E-state index is 0.135. The molecule has 1 aromatic rings. The Bertz CT molecular complexity index is 399. The first kappa shape index (κ1) is 12.3. The van der Waals surface area contributed by atoms with Crippen molar-refractivity contribution in [1.82, 2.24) is 5.32 Å². The van der Waals surface area contributed by atoms with E-state index in [2.05, 4.69) is 5.32 Å². The van der Waals surface area contributed by atoms with Gasteiger partial charge >= 0.3 is 0 Å². The van der Waals surface area contributed by atoms with Crippen LogP contribution in [0.2, 0.25) is 0 Å². The van der Waals surface area contributed by atoms with Gasteiger partial charge in [0.2, 0.25) is 0 Å². The number of benzene rings is 1. The smallest absolute Gasteiger partial charge is 0.160 e. The first-order chi connectivity index (χ1) is 8.09. The zero-order chi connectivity index (χ0) is 12.4. The fourth-order valence-corrected chi connectivity index (χ4v) is 2.34. The van der Waals surface area contributed by atoms with Crippen LogP contribution in [-0.2, 0) is 0 Å². The van der Waals surface area contributed by atoms with Crippen molar-refractivity contribution in [2.24, 2.45) is 0 Å². The Morgan fingerprint density at radius 3 is 2.47 bits per heavy atom. The highest BCUT2D eigenvalue weighted by Gasteiger charge is 2.21. The molecule has 1 heterocycles. The third-order valence-electron chi connectivity index (χ3n) is 3.24. The fourth-order valence-electron chi connectivity index (χ4n) is 2.34. The van der Waals surface area contributed by atoms with E-state index in [9.17, 15) is 8.78 Å². The lowest BCUT2D eigenvalue weighted by molar-refractivity contribution is 0.409. The van der Waals surface area contributed by atoms with Crippen LogP contribution in [0.4, 0.5) is 14.5 Å². The van der Waals surface area contributed by atoms with E-state index in [1.807, 2.05) is 19.0 Å². The summed E-state index contributed by atoms with van der Waals surface area (Å²) in [5, 5.41) is 3.36. The maximum absolute atomic E-state index is 13.4. The number of anilines is 1. The molecular weight excluding hydrogens is 222 g/mol. The third-order valence-corrected chi connectivity index (χ3v) is 3.24. The second kappa shape index (κ2) is 5.00. The highest BCUT2D eigenvalue weighted by Crippen LogP contribution is 2.32. The Morgan fingerprint density at radius 1 is 1.18 bits per heavy atom. The summed E-state index contributed by atoms with van der Waals surface area (Å²) in [6.07, 6.45) is 3.26. The summed E-state index contributed by atoms with van der Waals surface area (Å²) in [6, 6.07) is 2.74. The molecule has 4 heteroatoms. The molecule has 1 aliphatic rings. The van der Waals surface area contributed by atoms with Crippen molar-refractivity contribution < 1.29 is 8.78 Å². The van der Waals surface area contributed by atoms with Gasteiger partial charge in [-0.05, 0) is 31.0 Å². The van der Waals surface area contributed by atoms with E-state index in [-0.39, 0.29) is 6.04 Å². The number of nitrogens with zero attached hydrogens (tertiary/aromatic N) is 1. The molecule has 0 saturated carbocycles. The van der Waals surface area contributed by atoms with Crippen molar-refractivity contribution in [2.45, 2.75) is 25.3 Å². The molecule has 1 N–H and O–H groups in total. The van der Waals surface area contributed by atoms with Crippen LogP contribution in [0.25, 0.3) is 0 Å². The molecule has 0 spiro atoms. The van der Waals surface area contributed by atoms with Gasteiger partial charge in [-0.25, -0.2) is 8.78 Å². The Balaban J connectivity index is 2.39. The van der Waals surface area contributed by atoms with Gasteiger partial charge < -0.3 is 10.2 Å². The SMILES string of the molecule is CN(C)c1cc(F)c(F)cc1C1CCCCN1. The predicted molar refractivity (Wildman–Crippen MR) is 65.3 cm³/mol. The van der Waals surface area contributed by atoms with E-state index in [1.165, 1.54) is 12.1 Å². The Morgan fingerprint density at radius 2 is 1.88 bits per heavy atom. The quantitative estimate of drug-likeness (QED) is 0.855. The molecular formula is C13H18F2N2. The van der Waals surface area contributed by atoms with Crippen molar-refractivity contribution in [1.29, 1.82) is 0 Å². The minimum atomic E-state index is -0.784. The average molecular weight is 240 g/mol. The van der Waals surface area contributed by atoms with Gasteiger partial charge in [0, 0.05) is 31.9 Å². The first-order valence-electron chi connectivity index (χ1n) is 5.99. The van der Waals surface area contributed by atoms with Crippen LogP contribution in [0.5, 0.6) is 0 Å². The van der Waals surface area contributed by atoms with Gasteiger partial charge in [0.05, 0.1) is 0 Å². The maximum Gasteiger partial charge on any atom is 0.160 e. The molecule has 0 amide bonds. The van der Waals surface area contributed by atoms with Crippen LogP contribution in [0.3, 0.4) is 0 Å². The van der Waals surface area contributed by atoms with E-state index in [0.29, 0.717) is 0 Å². The predicted octanol–water partition coefficient (Wildman–Crippen LogP) is 2.85. The Labute approximate surface area is 101 Å². The molecule has 0 aliphatic carbocycles. The number of piperidine rings is 1. The van der Waals surface area contributed by atoms with E-state index in [1.54, 1.807) is 0 Å². The molecule has 2 rings (SSSR count). The molecule has 1 aliphatic heterocycles. The van der Waals surface area contributed by atoms with E-state index >= 15 is 0 Å². The average Bonchev–Trinajstić information content (AvgIpc) is 2.33. The minimum Gasteiger partial charge on any atom is -0.377 e. The Hall–Kier alpha value is -1.16. The summed E-state index contributed by atoms with van der Waals surface area (Å²) in [7, 11) is 3.69. The number of nitrogens with one attached hydrogen (secondary N) is 1. The Kier molecular flexibility index (Phi) is 3.62. The molecule has 17 heavy (non-hydrogen) atoms. The summed E-state index contributed by atoms with van der Waals surface area (Å²) < 4.78 is 26.6. The van der Waals surface area contributed by atoms with Crippen LogP contribution < -0.4 is 10.2 Å². The van der Waals surface area contributed by atoms with Gasteiger partial charge in [-0.1, -0.05) is 6.42 Å². The molecule has 0 radical (unpaired) electrons. The maximum atomic E-state index is 13.4. The molecule has 1 saturated heterocycles. The molecule has 1 unspecified atom stereocenters. The van der Waals surface area contributed by atoms with Gasteiger partial charge in [0.15, 0.2) is 11.6 Å². The zero-order valence-corrected chi connectivity index (χ0v) is 10.3. The summed E-state index contributed by atoms with van der Waals surface area (Å²) in [5.74, 6) is -1.55. The summed E-state index contributed by atoms with van der Waals surface area (Å²) >= 11 is 0. The fraction of sp³-hybridized carbons (Fsp3) is 0.538. The molecule has 94 valence electrons. The molecule has 2 nitrogen and oxygen atoms in total. The van der Waals surface area contributed by atoms with Crippen molar-refractivity contribution in [3.63, 3.8) is 0 Å². The third kappa shape index (κ3) is 2.57. The molecule has 0 aromatic heterocycles. The van der Waals surface area contributed by atoms with Crippen LogP contribution in [0, 0.1) is 11.6 Å². The van der Waals surface area contributed by atoms with Gasteiger partial charge in [-0.15, -0.1) is 0 Å². The van der Waals surface area contributed by atoms with Crippen molar-refractivity contribution in [3.8, 4) is 0 Å². The zero-order valence-electron chi connectivity index (χ0n) is 10.3. The highest BCUT2D eigenvalue weighted by molar-refractivity contribution is 5.54. The second-order valence-corrected chi connectivity index (χ2v) is 4.72. The molecule has 0 bridgehead atoms. The highest BCUT2D eigenvalue weighted by atomic mass is 19.2. The summed E-state index contributed by atoms with van der Waals surface area (Å²) in [6.45, 7) is 0.941. The van der Waals surface area contributed by atoms with Gasteiger partial charge in [-0.2, -0.15) is 0 Å². The van der Waals surface area contributed by atoms with Crippen molar-refractivity contribution in [3.05, 3.63) is 29.3 Å². The first-order valence-corrected chi connectivity index (χ1v) is 5.99. The standard InChI is InChI=1S/C13H18F2N2/c1-17(2)13-8-11(15)10(14)7-9(13)12-5-3-4-6-16-12/h7-8,12,16H,3-6H2,1-2H3.